The third kappa shape index (κ3) is 2.10. The van der Waals surface area contributed by atoms with Gasteiger partial charge in [-0.3, -0.25) is 9.59 Å². The molecule has 2 aliphatic rings. The molecule has 1 aliphatic heterocycles. The van der Waals surface area contributed by atoms with Gasteiger partial charge in [-0.25, -0.2) is 0 Å². The number of thioether (sulfide) groups is 1. The first kappa shape index (κ1) is 13.5. The van der Waals surface area contributed by atoms with Crippen LogP contribution in [0.5, 0.6) is 0 Å². The molecule has 5 heteroatoms. The number of hydrogen-bond acceptors (Lipinski definition) is 3. The Morgan fingerprint density at radius 3 is 2.65 bits per heavy atom. The first-order chi connectivity index (χ1) is 9.54. The summed E-state index contributed by atoms with van der Waals surface area (Å²) in [7, 11) is 0. The van der Waals surface area contributed by atoms with Crippen LogP contribution in [0.3, 0.4) is 0 Å². The van der Waals surface area contributed by atoms with Crippen LogP contribution in [0.15, 0.2) is 29.2 Å². The number of anilines is 1. The van der Waals surface area contributed by atoms with Crippen LogP contribution in [0.1, 0.15) is 26.7 Å². The zero-order valence-electron chi connectivity index (χ0n) is 11.7. The molecule has 0 unspecified atom stereocenters. The molecule has 0 spiro atoms. The minimum Gasteiger partial charge on any atom is -0.353 e. The molecule has 1 aromatic rings. The predicted octanol–water partition coefficient (Wildman–Crippen LogP) is 2.39. The van der Waals surface area contributed by atoms with E-state index in [0.717, 1.165) is 10.6 Å². The molecule has 1 saturated carbocycles. The molecule has 1 N–H and O–H groups in total. The molecule has 1 aromatic carbocycles. The van der Waals surface area contributed by atoms with E-state index in [9.17, 15) is 9.59 Å². The zero-order chi connectivity index (χ0) is 14.3. The lowest BCUT2D eigenvalue weighted by atomic mass is 10.0. The summed E-state index contributed by atoms with van der Waals surface area (Å²) >= 11 is 1.65. The van der Waals surface area contributed by atoms with Crippen molar-refractivity contribution >= 4 is 29.3 Å². The summed E-state index contributed by atoms with van der Waals surface area (Å²) in [4.78, 5) is 27.9. The van der Waals surface area contributed by atoms with Gasteiger partial charge in [0.1, 0.15) is 5.41 Å². The van der Waals surface area contributed by atoms with Crippen LogP contribution in [-0.2, 0) is 9.59 Å². The van der Waals surface area contributed by atoms with Crippen molar-refractivity contribution in [2.24, 2.45) is 5.41 Å². The van der Waals surface area contributed by atoms with Gasteiger partial charge in [-0.15, -0.1) is 11.8 Å². The molecule has 0 aromatic heterocycles. The normalized spacial score (nSPS) is 18.9. The molecular weight excluding hydrogens is 272 g/mol. The molecule has 3 rings (SSSR count). The van der Waals surface area contributed by atoms with Crippen molar-refractivity contribution in [1.82, 2.24) is 5.32 Å². The molecule has 0 atom stereocenters. The minimum absolute atomic E-state index is 0.0481. The van der Waals surface area contributed by atoms with Crippen LogP contribution in [0.4, 0.5) is 5.69 Å². The number of nitrogens with zero attached hydrogens (tertiary/aromatic N) is 1. The van der Waals surface area contributed by atoms with Gasteiger partial charge in [0.15, 0.2) is 0 Å². The second-order valence-corrected chi connectivity index (χ2v) is 6.67. The van der Waals surface area contributed by atoms with E-state index in [1.807, 2.05) is 38.1 Å². The Hall–Kier alpha value is -1.49. The summed E-state index contributed by atoms with van der Waals surface area (Å²) in [6.07, 6.45) is 1.32. The number of para-hydroxylation sites is 1. The average Bonchev–Trinajstić information content (AvgIpc) is 3.12. The first-order valence-corrected chi connectivity index (χ1v) is 7.88. The van der Waals surface area contributed by atoms with E-state index in [1.54, 1.807) is 16.7 Å². The molecule has 20 heavy (non-hydrogen) atoms. The van der Waals surface area contributed by atoms with Gasteiger partial charge in [-0.05, 0) is 38.8 Å². The number of nitrogens with one attached hydrogen (secondary N) is 1. The summed E-state index contributed by atoms with van der Waals surface area (Å²) in [5, 5.41) is 2.88. The molecule has 4 nitrogen and oxygen atoms in total. The zero-order valence-corrected chi connectivity index (χ0v) is 12.5. The van der Waals surface area contributed by atoms with Gasteiger partial charge in [0.25, 0.3) is 0 Å². The van der Waals surface area contributed by atoms with Crippen molar-refractivity contribution in [3.8, 4) is 0 Å². The number of fused-ring (bicyclic) bond motifs is 1. The van der Waals surface area contributed by atoms with Crippen molar-refractivity contribution < 1.29 is 9.59 Å². The van der Waals surface area contributed by atoms with Gasteiger partial charge in [0.2, 0.25) is 11.8 Å². The maximum atomic E-state index is 12.8. The van der Waals surface area contributed by atoms with Gasteiger partial charge in [-0.2, -0.15) is 0 Å². The highest BCUT2D eigenvalue weighted by Gasteiger charge is 2.58. The largest absolute Gasteiger partial charge is 0.353 e. The number of rotatable bonds is 3. The Kier molecular flexibility index (Phi) is 3.24. The fourth-order valence-electron chi connectivity index (χ4n) is 2.50. The third-order valence-electron chi connectivity index (χ3n) is 3.76. The summed E-state index contributed by atoms with van der Waals surface area (Å²) in [6.45, 7) is 3.83. The van der Waals surface area contributed by atoms with Crippen LogP contribution < -0.4 is 10.2 Å². The van der Waals surface area contributed by atoms with Crippen molar-refractivity contribution in [3.05, 3.63) is 24.3 Å². The minimum atomic E-state index is -0.817. The monoisotopic (exact) mass is 290 g/mol. The Morgan fingerprint density at radius 2 is 2.00 bits per heavy atom. The number of carbonyl (C=O) groups excluding carboxylic acids is 2. The lowest BCUT2D eigenvalue weighted by molar-refractivity contribution is -0.135. The fraction of sp³-hybridized carbons (Fsp3) is 0.467. The van der Waals surface area contributed by atoms with E-state index in [4.69, 9.17) is 0 Å². The van der Waals surface area contributed by atoms with Crippen molar-refractivity contribution in [2.75, 3.05) is 10.8 Å². The molecular formula is C15H18N2O2S. The lowest BCUT2D eigenvalue weighted by Crippen LogP contribution is -2.46. The molecule has 0 saturated heterocycles. The number of carbonyl (C=O) groups is 2. The van der Waals surface area contributed by atoms with Gasteiger partial charge in [-0.1, -0.05) is 12.1 Å². The van der Waals surface area contributed by atoms with E-state index >= 15 is 0 Å². The first-order valence-electron chi connectivity index (χ1n) is 6.89. The van der Waals surface area contributed by atoms with E-state index < -0.39 is 5.41 Å². The fourth-order valence-corrected chi connectivity index (χ4v) is 3.52. The molecule has 1 heterocycles. The third-order valence-corrected chi connectivity index (χ3v) is 4.81. The highest BCUT2D eigenvalue weighted by molar-refractivity contribution is 8.00. The standard InChI is InChI=1S/C15H18N2O2S/c1-10(2)16-13(18)15(7-8-15)14(19)17-9-20-12-6-4-3-5-11(12)17/h3-6,10H,7-9H2,1-2H3,(H,16,18). The summed E-state index contributed by atoms with van der Waals surface area (Å²) < 4.78 is 0. The molecule has 1 fully saturated rings. The topological polar surface area (TPSA) is 49.4 Å². The molecule has 2 amide bonds. The van der Waals surface area contributed by atoms with Gasteiger partial charge >= 0.3 is 0 Å². The molecule has 106 valence electrons. The van der Waals surface area contributed by atoms with Crippen LogP contribution in [-0.4, -0.2) is 23.7 Å². The number of hydrogen-bond donors (Lipinski definition) is 1. The van der Waals surface area contributed by atoms with E-state index in [2.05, 4.69) is 5.32 Å². The van der Waals surface area contributed by atoms with Crippen LogP contribution in [0.2, 0.25) is 0 Å². The quantitative estimate of drug-likeness (QED) is 0.870. The number of benzene rings is 1. The second-order valence-electron chi connectivity index (χ2n) is 5.68. The Labute approximate surface area is 122 Å². The summed E-state index contributed by atoms with van der Waals surface area (Å²) in [5.41, 5.74) is 0.119. The van der Waals surface area contributed by atoms with Crippen molar-refractivity contribution in [2.45, 2.75) is 37.6 Å². The second kappa shape index (κ2) is 4.81. The maximum absolute atomic E-state index is 12.8. The highest BCUT2D eigenvalue weighted by atomic mass is 32.2. The molecule has 0 bridgehead atoms. The highest BCUT2D eigenvalue weighted by Crippen LogP contribution is 2.50. The van der Waals surface area contributed by atoms with E-state index in [0.29, 0.717) is 18.7 Å². The number of amides is 2. The smallest absolute Gasteiger partial charge is 0.243 e. The Bertz CT molecular complexity index is 567. The van der Waals surface area contributed by atoms with Crippen LogP contribution >= 0.6 is 11.8 Å². The van der Waals surface area contributed by atoms with E-state index in [1.165, 1.54) is 0 Å². The van der Waals surface area contributed by atoms with Crippen LogP contribution in [0, 0.1) is 5.41 Å². The van der Waals surface area contributed by atoms with E-state index in [-0.39, 0.29) is 17.9 Å². The van der Waals surface area contributed by atoms with Gasteiger partial charge < -0.3 is 10.2 Å². The predicted molar refractivity (Wildman–Crippen MR) is 79.6 cm³/mol. The molecule has 1 aliphatic carbocycles. The maximum Gasteiger partial charge on any atom is 0.243 e. The van der Waals surface area contributed by atoms with Gasteiger partial charge in [0, 0.05) is 10.9 Å². The van der Waals surface area contributed by atoms with Crippen molar-refractivity contribution in [1.29, 1.82) is 0 Å². The molecule has 0 radical (unpaired) electrons. The summed E-state index contributed by atoms with van der Waals surface area (Å²) in [5.74, 6) is 0.439. The summed E-state index contributed by atoms with van der Waals surface area (Å²) in [6, 6.07) is 7.93. The Morgan fingerprint density at radius 1 is 1.30 bits per heavy atom. The van der Waals surface area contributed by atoms with Crippen molar-refractivity contribution in [3.63, 3.8) is 0 Å². The lowest BCUT2D eigenvalue weighted by Gasteiger charge is -2.23. The average molecular weight is 290 g/mol. The SMILES string of the molecule is CC(C)NC(=O)C1(C(=O)N2CSc3ccccc32)CC1. The Balaban J connectivity index is 1.82. The van der Waals surface area contributed by atoms with Crippen LogP contribution in [0.25, 0.3) is 0 Å². The van der Waals surface area contributed by atoms with Gasteiger partial charge in [0.05, 0.1) is 11.6 Å².